The normalized spacial score (nSPS) is 11.7. The van der Waals surface area contributed by atoms with Crippen molar-refractivity contribution in [2.24, 2.45) is 7.05 Å². The van der Waals surface area contributed by atoms with Gasteiger partial charge in [-0.2, -0.15) is 5.10 Å². The summed E-state index contributed by atoms with van der Waals surface area (Å²) in [6, 6.07) is 13.5. The van der Waals surface area contributed by atoms with Gasteiger partial charge in [-0.3, -0.25) is 9.59 Å². The van der Waals surface area contributed by atoms with Crippen molar-refractivity contribution in [2.75, 3.05) is 12.4 Å². The maximum absolute atomic E-state index is 12.6. The molecule has 144 valence electrons. The smallest absolute Gasteiger partial charge is 0.360 e. The molecule has 28 heavy (non-hydrogen) atoms. The molecular formula is C20H19N3O5. The van der Waals surface area contributed by atoms with Gasteiger partial charge in [0.15, 0.2) is 11.8 Å². The number of para-hydroxylation sites is 2. The minimum atomic E-state index is -1.09. The van der Waals surface area contributed by atoms with Crippen molar-refractivity contribution in [2.45, 2.75) is 13.0 Å². The predicted molar refractivity (Wildman–Crippen MR) is 103 cm³/mol. The zero-order chi connectivity index (χ0) is 20.3. The number of esters is 1. The third-order valence-corrected chi connectivity index (χ3v) is 4.17. The van der Waals surface area contributed by atoms with E-state index < -0.39 is 18.0 Å². The molecule has 2 aromatic carbocycles. The molecule has 8 nitrogen and oxygen atoms in total. The van der Waals surface area contributed by atoms with Crippen molar-refractivity contribution in [3.63, 3.8) is 0 Å². The molecule has 1 aromatic heterocycles. The van der Waals surface area contributed by atoms with Gasteiger partial charge in [-0.05, 0) is 25.1 Å². The van der Waals surface area contributed by atoms with Crippen LogP contribution in [0.5, 0.6) is 5.75 Å². The average molecular weight is 381 g/mol. The lowest BCUT2D eigenvalue weighted by Crippen LogP contribution is -2.31. The molecule has 0 radical (unpaired) electrons. The first-order valence-corrected chi connectivity index (χ1v) is 8.53. The van der Waals surface area contributed by atoms with E-state index in [2.05, 4.69) is 10.4 Å². The van der Waals surface area contributed by atoms with Gasteiger partial charge in [-0.25, -0.2) is 9.48 Å². The average Bonchev–Trinajstić information content (AvgIpc) is 2.71. The Bertz CT molecular complexity index is 1110. The van der Waals surface area contributed by atoms with Crippen LogP contribution in [0.1, 0.15) is 17.4 Å². The van der Waals surface area contributed by atoms with Crippen molar-refractivity contribution in [3.8, 4) is 5.75 Å². The Morgan fingerprint density at radius 2 is 1.71 bits per heavy atom. The number of aryl methyl sites for hydroxylation is 1. The quantitative estimate of drug-likeness (QED) is 0.680. The summed E-state index contributed by atoms with van der Waals surface area (Å²) >= 11 is 0. The number of carbonyl (C=O) groups excluding carboxylic acids is 2. The van der Waals surface area contributed by atoms with E-state index in [4.69, 9.17) is 9.47 Å². The summed E-state index contributed by atoms with van der Waals surface area (Å²) in [6.45, 7) is 1.45. The Morgan fingerprint density at radius 1 is 1.07 bits per heavy atom. The number of amides is 1. The second-order valence-corrected chi connectivity index (χ2v) is 6.06. The number of hydrogen-bond acceptors (Lipinski definition) is 6. The molecule has 3 aromatic rings. The van der Waals surface area contributed by atoms with E-state index in [0.717, 1.165) is 4.68 Å². The highest BCUT2D eigenvalue weighted by Gasteiger charge is 2.23. The van der Waals surface area contributed by atoms with E-state index in [-0.39, 0.29) is 11.3 Å². The van der Waals surface area contributed by atoms with E-state index in [1.807, 2.05) is 0 Å². The number of rotatable bonds is 5. The van der Waals surface area contributed by atoms with Crippen molar-refractivity contribution in [1.82, 2.24) is 9.78 Å². The standard InChI is InChI=1S/C20H19N3O5/c1-12(18(24)21-15-10-6-7-11-16(15)27-3)28-20(26)17-13-8-4-5-9-14(13)19(25)23(2)22-17/h4-12H,1-3H3,(H,21,24)/t12-/m0/s1. The molecule has 1 amide bonds. The van der Waals surface area contributed by atoms with Crippen LogP contribution in [0.25, 0.3) is 10.8 Å². The van der Waals surface area contributed by atoms with E-state index >= 15 is 0 Å². The predicted octanol–water partition coefficient (Wildman–Crippen LogP) is 2.13. The summed E-state index contributed by atoms with van der Waals surface area (Å²) in [4.78, 5) is 37.2. The Balaban J connectivity index is 1.81. The zero-order valence-electron chi connectivity index (χ0n) is 15.6. The number of anilines is 1. The number of hydrogen-bond donors (Lipinski definition) is 1. The lowest BCUT2D eigenvalue weighted by atomic mass is 10.1. The van der Waals surface area contributed by atoms with Gasteiger partial charge in [0, 0.05) is 12.4 Å². The minimum absolute atomic E-state index is 0.0327. The van der Waals surface area contributed by atoms with Crippen LogP contribution in [0, 0.1) is 0 Å². The van der Waals surface area contributed by atoms with Gasteiger partial charge in [0.25, 0.3) is 11.5 Å². The Hall–Kier alpha value is -3.68. The molecule has 3 rings (SSSR count). The van der Waals surface area contributed by atoms with E-state index in [1.165, 1.54) is 21.1 Å². The second kappa shape index (κ2) is 7.91. The van der Waals surface area contributed by atoms with Crippen molar-refractivity contribution in [3.05, 3.63) is 64.6 Å². The highest BCUT2D eigenvalue weighted by Crippen LogP contribution is 2.23. The number of aromatic nitrogens is 2. The van der Waals surface area contributed by atoms with Gasteiger partial charge in [-0.1, -0.05) is 30.3 Å². The molecule has 1 atom stereocenters. The fourth-order valence-corrected chi connectivity index (χ4v) is 2.70. The molecule has 0 spiro atoms. The summed E-state index contributed by atoms with van der Waals surface area (Å²) in [5.74, 6) is -0.832. The van der Waals surface area contributed by atoms with Gasteiger partial charge >= 0.3 is 5.97 Å². The fraction of sp³-hybridized carbons (Fsp3) is 0.200. The summed E-state index contributed by atoms with van der Waals surface area (Å²) in [6.07, 6.45) is -1.09. The Morgan fingerprint density at radius 3 is 2.43 bits per heavy atom. The Labute approximate surface area is 160 Å². The third-order valence-electron chi connectivity index (χ3n) is 4.17. The number of nitrogens with zero attached hydrogens (tertiary/aromatic N) is 2. The third kappa shape index (κ3) is 3.71. The van der Waals surface area contributed by atoms with Crippen LogP contribution in [-0.2, 0) is 16.6 Å². The summed E-state index contributed by atoms with van der Waals surface area (Å²) in [5.41, 5.74) is 0.104. The summed E-state index contributed by atoms with van der Waals surface area (Å²) in [7, 11) is 2.94. The number of ether oxygens (including phenoxy) is 2. The van der Waals surface area contributed by atoms with Gasteiger partial charge in [0.1, 0.15) is 5.75 Å². The number of fused-ring (bicyclic) bond motifs is 1. The lowest BCUT2D eigenvalue weighted by molar-refractivity contribution is -0.123. The minimum Gasteiger partial charge on any atom is -0.495 e. The molecule has 0 aliphatic heterocycles. The fourth-order valence-electron chi connectivity index (χ4n) is 2.70. The molecular weight excluding hydrogens is 362 g/mol. The molecule has 0 aliphatic rings. The molecule has 0 fully saturated rings. The van der Waals surface area contributed by atoms with Crippen LogP contribution in [0.2, 0.25) is 0 Å². The Kier molecular flexibility index (Phi) is 5.39. The first-order chi connectivity index (χ1) is 13.4. The van der Waals surface area contributed by atoms with Crippen LogP contribution in [-0.4, -0.2) is 34.9 Å². The van der Waals surface area contributed by atoms with E-state index in [0.29, 0.717) is 22.2 Å². The maximum Gasteiger partial charge on any atom is 0.360 e. The topological polar surface area (TPSA) is 99.5 Å². The first-order valence-electron chi connectivity index (χ1n) is 8.53. The number of benzene rings is 2. The largest absolute Gasteiger partial charge is 0.495 e. The van der Waals surface area contributed by atoms with Crippen LogP contribution >= 0.6 is 0 Å². The number of carbonyl (C=O) groups is 2. The van der Waals surface area contributed by atoms with Crippen LogP contribution in [0.15, 0.2) is 53.3 Å². The lowest BCUT2D eigenvalue weighted by Gasteiger charge is -2.15. The van der Waals surface area contributed by atoms with E-state index in [9.17, 15) is 14.4 Å². The van der Waals surface area contributed by atoms with Crippen LogP contribution in [0.3, 0.4) is 0 Å². The van der Waals surface area contributed by atoms with Crippen molar-refractivity contribution >= 4 is 28.3 Å². The first kappa shape index (κ1) is 19.1. The second-order valence-electron chi connectivity index (χ2n) is 6.06. The van der Waals surface area contributed by atoms with Gasteiger partial charge < -0.3 is 14.8 Å². The van der Waals surface area contributed by atoms with Crippen LogP contribution < -0.4 is 15.6 Å². The highest BCUT2D eigenvalue weighted by molar-refractivity contribution is 6.03. The molecule has 0 saturated heterocycles. The van der Waals surface area contributed by atoms with E-state index in [1.54, 1.807) is 48.5 Å². The number of nitrogens with one attached hydrogen (secondary N) is 1. The maximum atomic E-state index is 12.6. The molecule has 1 N–H and O–H groups in total. The summed E-state index contributed by atoms with van der Waals surface area (Å²) in [5, 5.41) is 7.38. The van der Waals surface area contributed by atoms with Crippen molar-refractivity contribution < 1.29 is 19.1 Å². The monoisotopic (exact) mass is 381 g/mol. The molecule has 0 unspecified atom stereocenters. The van der Waals surface area contributed by atoms with Crippen LogP contribution in [0.4, 0.5) is 5.69 Å². The molecule has 0 saturated carbocycles. The number of methoxy groups -OCH3 is 1. The molecule has 8 heteroatoms. The SMILES string of the molecule is COc1ccccc1NC(=O)[C@H](C)OC(=O)c1nn(C)c(=O)c2ccccc12. The van der Waals surface area contributed by atoms with Crippen molar-refractivity contribution in [1.29, 1.82) is 0 Å². The summed E-state index contributed by atoms with van der Waals surface area (Å²) < 4.78 is 11.5. The highest BCUT2D eigenvalue weighted by atomic mass is 16.5. The van der Waals surface area contributed by atoms with Gasteiger partial charge in [-0.15, -0.1) is 0 Å². The molecule has 0 aliphatic carbocycles. The van der Waals surface area contributed by atoms with Gasteiger partial charge in [0.05, 0.1) is 18.2 Å². The van der Waals surface area contributed by atoms with Gasteiger partial charge in [0.2, 0.25) is 0 Å². The molecule has 0 bridgehead atoms. The zero-order valence-corrected chi connectivity index (χ0v) is 15.6. The molecule has 1 heterocycles.